The van der Waals surface area contributed by atoms with Crippen molar-refractivity contribution in [3.8, 4) is 33.8 Å². The van der Waals surface area contributed by atoms with Gasteiger partial charge in [0, 0.05) is 4.47 Å². The monoisotopic (exact) mass is 496 g/mol. The van der Waals surface area contributed by atoms with Crippen molar-refractivity contribution in [1.29, 1.82) is 0 Å². The number of ether oxygens (including phenoxy) is 2. The minimum atomic E-state index is 0.662. The number of rotatable bonds is 6. The Morgan fingerprint density at radius 2 is 1.00 bits per heavy atom. The normalized spacial score (nSPS) is 11.1. The number of fused-ring (bicyclic) bond motifs is 2. The highest BCUT2D eigenvalue weighted by atomic mass is 79.9. The molecule has 0 fully saturated rings. The van der Waals surface area contributed by atoms with Gasteiger partial charge in [0.05, 0.1) is 13.2 Å². The van der Waals surface area contributed by atoms with Crippen LogP contribution in [0.25, 0.3) is 43.8 Å². The van der Waals surface area contributed by atoms with Crippen molar-refractivity contribution in [2.24, 2.45) is 0 Å². The molecule has 0 spiro atoms. The van der Waals surface area contributed by atoms with E-state index in [-0.39, 0.29) is 0 Å². The zero-order valence-corrected chi connectivity index (χ0v) is 20.4. The minimum absolute atomic E-state index is 0.662. The third-order valence-electron chi connectivity index (χ3n) is 5.89. The van der Waals surface area contributed by atoms with E-state index in [2.05, 4.69) is 107 Å². The highest BCUT2D eigenvalue weighted by molar-refractivity contribution is 9.10. The molecule has 2 nitrogen and oxygen atoms in total. The van der Waals surface area contributed by atoms with E-state index in [1.54, 1.807) is 0 Å². The quantitative estimate of drug-likeness (QED) is 0.218. The van der Waals surface area contributed by atoms with Gasteiger partial charge in [-0.2, -0.15) is 0 Å². The van der Waals surface area contributed by atoms with Crippen LogP contribution in [0.5, 0.6) is 11.5 Å². The lowest BCUT2D eigenvalue weighted by atomic mass is 9.86. The Morgan fingerprint density at radius 3 is 1.48 bits per heavy atom. The summed E-state index contributed by atoms with van der Waals surface area (Å²) in [6, 6.07) is 32.1. The molecule has 0 aliphatic rings. The highest BCUT2D eigenvalue weighted by Gasteiger charge is 2.17. The summed E-state index contributed by atoms with van der Waals surface area (Å²) in [5.41, 5.74) is 4.83. The first-order valence-corrected chi connectivity index (χ1v) is 12.1. The summed E-state index contributed by atoms with van der Waals surface area (Å²) in [6.45, 7) is 5.34. The third-order valence-corrected chi connectivity index (χ3v) is 6.39. The summed E-state index contributed by atoms with van der Waals surface area (Å²) >= 11 is 3.71. The molecule has 0 unspecified atom stereocenters. The molecule has 0 atom stereocenters. The highest BCUT2D eigenvalue weighted by Crippen LogP contribution is 2.44. The summed E-state index contributed by atoms with van der Waals surface area (Å²) in [7, 11) is 0. The van der Waals surface area contributed by atoms with Gasteiger partial charge in [-0.1, -0.05) is 70.5 Å². The van der Waals surface area contributed by atoms with E-state index in [1.807, 2.05) is 13.8 Å². The molecule has 0 aliphatic heterocycles. The number of benzene rings is 5. The zero-order chi connectivity index (χ0) is 22.8. The van der Waals surface area contributed by atoms with E-state index >= 15 is 0 Å². The molecule has 0 saturated carbocycles. The van der Waals surface area contributed by atoms with Crippen molar-refractivity contribution in [3.05, 3.63) is 95.5 Å². The topological polar surface area (TPSA) is 18.5 Å². The maximum absolute atomic E-state index is 5.68. The molecular formula is C30H25BrO2. The molecule has 5 aromatic rings. The second-order valence-electron chi connectivity index (χ2n) is 7.90. The van der Waals surface area contributed by atoms with Gasteiger partial charge >= 0.3 is 0 Å². The minimum Gasteiger partial charge on any atom is -0.494 e. The van der Waals surface area contributed by atoms with Crippen molar-refractivity contribution < 1.29 is 9.47 Å². The molecule has 0 heterocycles. The van der Waals surface area contributed by atoms with Crippen LogP contribution >= 0.6 is 15.9 Å². The molecule has 0 amide bonds. The summed E-state index contributed by atoms with van der Waals surface area (Å²) in [4.78, 5) is 0. The second-order valence-corrected chi connectivity index (χ2v) is 8.82. The fourth-order valence-electron chi connectivity index (χ4n) is 4.54. The Labute approximate surface area is 202 Å². The van der Waals surface area contributed by atoms with Crippen molar-refractivity contribution >= 4 is 37.5 Å². The van der Waals surface area contributed by atoms with Gasteiger partial charge in [0.1, 0.15) is 11.5 Å². The maximum Gasteiger partial charge on any atom is 0.119 e. The van der Waals surface area contributed by atoms with Crippen LogP contribution in [0.3, 0.4) is 0 Å². The third kappa shape index (κ3) is 4.09. The smallest absolute Gasteiger partial charge is 0.119 e. The molecular weight excluding hydrogens is 472 g/mol. The summed E-state index contributed by atoms with van der Waals surface area (Å²) in [6.07, 6.45) is 0. The molecule has 0 bridgehead atoms. The largest absolute Gasteiger partial charge is 0.494 e. The Morgan fingerprint density at radius 1 is 0.545 bits per heavy atom. The summed E-state index contributed by atoms with van der Waals surface area (Å²) in [5, 5.41) is 4.91. The molecule has 0 aromatic heterocycles. The second kappa shape index (κ2) is 9.29. The first-order valence-electron chi connectivity index (χ1n) is 11.3. The van der Waals surface area contributed by atoms with Gasteiger partial charge in [-0.15, -0.1) is 0 Å². The van der Waals surface area contributed by atoms with Crippen LogP contribution in [0.1, 0.15) is 13.8 Å². The van der Waals surface area contributed by atoms with E-state index in [0.717, 1.165) is 16.0 Å². The van der Waals surface area contributed by atoms with Gasteiger partial charge < -0.3 is 9.47 Å². The molecule has 5 rings (SSSR count). The summed E-state index contributed by atoms with van der Waals surface area (Å²) in [5.74, 6) is 1.78. The van der Waals surface area contributed by atoms with E-state index in [1.165, 1.54) is 43.8 Å². The van der Waals surface area contributed by atoms with Crippen LogP contribution in [0.4, 0.5) is 0 Å². The Hall–Kier alpha value is -3.30. The van der Waals surface area contributed by atoms with Gasteiger partial charge in [-0.25, -0.2) is 0 Å². The standard InChI is InChI=1S/C30H25BrO2/c1-3-32-23-14-9-20(10-15-23)29-25-7-5-6-8-26(25)30(28-19-22(31)13-18-27(28)29)21-11-16-24(17-12-21)33-4-2/h5-19H,3-4H2,1-2H3. The Balaban J connectivity index is 1.82. The predicted molar refractivity (Wildman–Crippen MR) is 142 cm³/mol. The van der Waals surface area contributed by atoms with Gasteiger partial charge in [0.25, 0.3) is 0 Å². The average molecular weight is 497 g/mol. The molecule has 33 heavy (non-hydrogen) atoms. The molecule has 0 N–H and O–H groups in total. The first-order chi connectivity index (χ1) is 16.2. The molecule has 0 radical (unpaired) electrons. The van der Waals surface area contributed by atoms with Crippen LogP contribution in [-0.4, -0.2) is 13.2 Å². The van der Waals surface area contributed by atoms with Gasteiger partial charge in [-0.05, 0) is 94.0 Å². The zero-order valence-electron chi connectivity index (χ0n) is 18.8. The van der Waals surface area contributed by atoms with Crippen LogP contribution < -0.4 is 9.47 Å². The SMILES string of the molecule is CCOc1ccc(-c2c3ccccc3c(-c3ccc(OCC)cc3)c3cc(Br)ccc23)cc1. The lowest BCUT2D eigenvalue weighted by Gasteiger charge is -2.18. The van der Waals surface area contributed by atoms with E-state index < -0.39 is 0 Å². The van der Waals surface area contributed by atoms with Crippen LogP contribution in [0.2, 0.25) is 0 Å². The van der Waals surface area contributed by atoms with Crippen molar-refractivity contribution in [2.75, 3.05) is 13.2 Å². The van der Waals surface area contributed by atoms with E-state index in [9.17, 15) is 0 Å². The van der Waals surface area contributed by atoms with Crippen LogP contribution in [0, 0.1) is 0 Å². The lowest BCUT2D eigenvalue weighted by molar-refractivity contribution is 0.340. The number of halogens is 1. The maximum atomic E-state index is 5.68. The Bertz CT molecular complexity index is 1420. The molecule has 3 heteroatoms. The van der Waals surface area contributed by atoms with Crippen molar-refractivity contribution in [2.45, 2.75) is 13.8 Å². The molecule has 0 aliphatic carbocycles. The average Bonchev–Trinajstić information content (AvgIpc) is 2.84. The number of hydrogen-bond donors (Lipinski definition) is 0. The molecule has 5 aromatic carbocycles. The fraction of sp³-hybridized carbons (Fsp3) is 0.133. The van der Waals surface area contributed by atoms with Crippen molar-refractivity contribution in [3.63, 3.8) is 0 Å². The lowest BCUT2D eigenvalue weighted by Crippen LogP contribution is -1.93. The van der Waals surface area contributed by atoms with Crippen molar-refractivity contribution in [1.82, 2.24) is 0 Å². The van der Waals surface area contributed by atoms with Gasteiger partial charge in [0.15, 0.2) is 0 Å². The summed E-state index contributed by atoms with van der Waals surface area (Å²) < 4.78 is 12.4. The van der Waals surface area contributed by atoms with E-state index in [0.29, 0.717) is 13.2 Å². The fourth-order valence-corrected chi connectivity index (χ4v) is 4.90. The molecule has 164 valence electrons. The van der Waals surface area contributed by atoms with Crippen LogP contribution in [-0.2, 0) is 0 Å². The first kappa shape index (κ1) is 21.5. The van der Waals surface area contributed by atoms with E-state index in [4.69, 9.17) is 9.47 Å². The van der Waals surface area contributed by atoms with Gasteiger partial charge in [-0.3, -0.25) is 0 Å². The number of hydrogen-bond acceptors (Lipinski definition) is 2. The van der Waals surface area contributed by atoms with Gasteiger partial charge in [0.2, 0.25) is 0 Å². The van der Waals surface area contributed by atoms with Crippen LogP contribution in [0.15, 0.2) is 95.5 Å². The molecule has 0 saturated heterocycles. The Kier molecular flexibility index (Phi) is 6.06. The predicted octanol–water partition coefficient (Wildman–Crippen LogP) is 8.89.